The van der Waals surface area contributed by atoms with Crippen LogP contribution < -0.4 is 14.9 Å². The van der Waals surface area contributed by atoms with Gasteiger partial charge in [-0.2, -0.15) is 0 Å². The Morgan fingerprint density at radius 2 is 1.63 bits per heavy atom. The number of carbonyl (C=O) groups excluding carboxylic acids is 1. The average molecular weight is 799 g/mol. The predicted molar refractivity (Wildman–Crippen MR) is 217 cm³/mol. The van der Waals surface area contributed by atoms with Crippen LogP contribution in [-0.4, -0.2) is 67.6 Å². The smallest absolute Gasteiger partial charge is 0.293 e. The van der Waals surface area contributed by atoms with Gasteiger partial charge >= 0.3 is 0 Å². The number of amides is 1. The quantitative estimate of drug-likeness (QED) is 0.0510. The summed E-state index contributed by atoms with van der Waals surface area (Å²) in [6.07, 6.45) is 0. The molecule has 0 bridgehead atoms. The number of benzene rings is 5. The molecule has 0 unspecified atom stereocenters. The van der Waals surface area contributed by atoms with Crippen LogP contribution in [0.25, 0.3) is 21.3 Å². The summed E-state index contributed by atoms with van der Waals surface area (Å²) in [4.78, 5) is 33.1. The van der Waals surface area contributed by atoms with E-state index in [0.29, 0.717) is 17.3 Å². The molecule has 276 valence electrons. The van der Waals surface area contributed by atoms with Crippen LogP contribution in [0.15, 0.2) is 124 Å². The van der Waals surface area contributed by atoms with Gasteiger partial charge in [0, 0.05) is 67.4 Å². The number of anilines is 2. The van der Waals surface area contributed by atoms with Crippen molar-refractivity contribution in [3.8, 4) is 11.1 Å². The third kappa shape index (κ3) is 8.86. The summed E-state index contributed by atoms with van der Waals surface area (Å²) >= 11 is 9.20. The van der Waals surface area contributed by atoms with Gasteiger partial charge in [0.1, 0.15) is 5.69 Å². The number of hydrogen-bond donors (Lipinski definition) is 2. The van der Waals surface area contributed by atoms with Gasteiger partial charge in [-0.3, -0.25) is 19.8 Å². The van der Waals surface area contributed by atoms with E-state index in [0.717, 1.165) is 64.6 Å². The van der Waals surface area contributed by atoms with Crippen LogP contribution in [0.1, 0.15) is 15.9 Å². The lowest BCUT2D eigenvalue weighted by molar-refractivity contribution is -0.384. The molecule has 11 nitrogen and oxygen atoms in total. The van der Waals surface area contributed by atoms with E-state index in [1.165, 1.54) is 35.0 Å². The van der Waals surface area contributed by atoms with Gasteiger partial charge in [-0.25, -0.2) is 18.1 Å². The minimum atomic E-state index is -4.40. The maximum Gasteiger partial charge on any atom is 0.293 e. The molecule has 7 rings (SSSR count). The molecule has 0 radical (unpaired) electrons. The number of rotatable bonds is 13. The van der Waals surface area contributed by atoms with E-state index < -0.39 is 26.5 Å². The zero-order valence-electron chi connectivity index (χ0n) is 28.9. The van der Waals surface area contributed by atoms with Crippen molar-refractivity contribution in [3.63, 3.8) is 0 Å². The number of nitro groups is 1. The number of nitrogens with zero attached hydrogens (tertiary/aromatic N) is 4. The summed E-state index contributed by atoms with van der Waals surface area (Å²) in [5.74, 6) is -0.245. The molecule has 0 saturated carbocycles. The highest BCUT2D eigenvalue weighted by molar-refractivity contribution is 8.01. The molecule has 54 heavy (non-hydrogen) atoms. The second-order valence-corrected chi connectivity index (χ2v) is 17.1. The van der Waals surface area contributed by atoms with Crippen molar-refractivity contribution in [2.24, 2.45) is 0 Å². The van der Waals surface area contributed by atoms with Gasteiger partial charge in [0.15, 0.2) is 4.34 Å². The first-order chi connectivity index (χ1) is 26.1. The van der Waals surface area contributed by atoms with E-state index in [1.807, 2.05) is 54.6 Å². The number of para-hydroxylation sites is 1. The number of sulfonamides is 1. The van der Waals surface area contributed by atoms with Gasteiger partial charge in [-0.05, 0) is 77.4 Å². The molecule has 1 aliphatic heterocycles. The molecule has 0 atom stereocenters. The summed E-state index contributed by atoms with van der Waals surface area (Å²) in [5, 5.41) is 15.6. The Balaban J connectivity index is 0.921. The lowest BCUT2D eigenvalue weighted by Crippen LogP contribution is -2.46. The molecule has 2 N–H and O–H groups in total. The first-order valence-electron chi connectivity index (χ1n) is 17.1. The highest BCUT2D eigenvalue weighted by atomic mass is 35.5. The van der Waals surface area contributed by atoms with Crippen LogP contribution in [-0.2, 0) is 16.6 Å². The maximum atomic E-state index is 13.2. The highest BCUT2D eigenvalue weighted by Gasteiger charge is 2.25. The van der Waals surface area contributed by atoms with E-state index in [4.69, 9.17) is 11.6 Å². The third-order valence-electron chi connectivity index (χ3n) is 9.05. The number of aromatic nitrogens is 1. The van der Waals surface area contributed by atoms with Gasteiger partial charge < -0.3 is 10.2 Å². The Morgan fingerprint density at radius 3 is 2.37 bits per heavy atom. The number of nitrogens with one attached hydrogen (secondary N) is 2. The van der Waals surface area contributed by atoms with Crippen molar-refractivity contribution < 1.29 is 18.1 Å². The fourth-order valence-corrected chi connectivity index (χ4v) is 9.37. The van der Waals surface area contributed by atoms with E-state index in [-0.39, 0.29) is 16.1 Å². The van der Waals surface area contributed by atoms with Crippen molar-refractivity contribution in [2.45, 2.75) is 15.8 Å². The van der Waals surface area contributed by atoms with Gasteiger partial charge in [-0.15, -0.1) is 11.3 Å². The van der Waals surface area contributed by atoms with Gasteiger partial charge in [0.2, 0.25) is 0 Å². The SMILES string of the molecule is O=C(NS(=O)(=O)c1ccc(NCCSc2nc3ccccc3s2)c([N+](=O)[O-])c1)c1ccc(N2CCN(Cc3ccccc3-c3ccc(Cl)cc3)CC2)cc1. The summed E-state index contributed by atoms with van der Waals surface area (Å²) in [6, 6.07) is 34.4. The number of nitro benzene ring substituents is 1. The van der Waals surface area contributed by atoms with Crippen LogP contribution in [0.3, 0.4) is 0 Å². The molecule has 2 heterocycles. The van der Waals surface area contributed by atoms with Crippen molar-refractivity contribution in [2.75, 3.05) is 48.7 Å². The monoisotopic (exact) mass is 798 g/mol. The summed E-state index contributed by atoms with van der Waals surface area (Å²) in [7, 11) is -4.40. The van der Waals surface area contributed by atoms with Gasteiger partial charge in [0.25, 0.3) is 21.6 Å². The maximum absolute atomic E-state index is 13.2. The molecule has 0 aliphatic carbocycles. The zero-order valence-corrected chi connectivity index (χ0v) is 32.1. The van der Waals surface area contributed by atoms with E-state index in [1.54, 1.807) is 35.6 Å². The molecule has 1 amide bonds. The van der Waals surface area contributed by atoms with Crippen LogP contribution in [0.2, 0.25) is 5.02 Å². The molecule has 15 heteroatoms. The van der Waals surface area contributed by atoms with E-state index in [2.05, 4.69) is 43.0 Å². The molecule has 1 aromatic heterocycles. The zero-order chi connectivity index (χ0) is 37.7. The van der Waals surface area contributed by atoms with Crippen LogP contribution in [0.4, 0.5) is 17.1 Å². The Morgan fingerprint density at radius 1 is 0.907 bits per heavy atom. The third-order valence-corrected chi connectivity index (χ3v) is 12.8. The van der Waals surface area contributed by atoms with E-state index in [9.17, 15) is 23.3 Å². The molecule has 5 aromatic carbocycles. The predicted octanol–water partition coefficient (Wildman–Crippen LogP) is 8.17. The second-order valence-electron chi connectivity index (χ2n) is 12.6. The van der Waals surface area contributed by atoms with Crippen molar-refractivity contribution in [1.29, 1.82) is 0 Å². The number of piperazine rings is 1. The second kappa shape index (κ2) is 16.6. The van der Waals surface area contributed by atoms with Gasteiger partial charge in [-0.1, -0.05) is 71.9 Å². The minimum Gasteiger partial charge on any atom is -0.379 e. The molecule has 1 saturated heterocycles. The Kier molecular flexibility index (Phi) is 11.5. The number of thioether (sulfide) groups is 1. The van der Waals surface area contributed by atoms with Crippen LogP contribution >= 0.6 is 34.7 Å². The highest BCUT2D eigenvalue weighted by Crippen LogP contribution is 2.31. The van der Waals surface area contributed by atoms with E-state index >= 15 is 0 Å². The Labute approximate surface area is 326 Å². The fraction of sp³-hybridized carbons (Fsp3) is 0.179. The normalized spacial score (nSPS) is 13.5. The number of halogens is 1. The molecule has 0 spiro atoms. The molecular formula is C39H35ClN6O5S3. The first-order valence-corrected chi connectivity index (χ1v) is 20.8. The largest absolute Gasteiger partial charge is 0.379 e. The lowest BCUT2D eigenvalue weighted by atomic mass is 9.99. The molecule has 1 fully saturated rings. The van der Waals surface area contributed by atoms with Crippen LogP contribution in [0.5, 0.6) is 0 Å². The summed E-state index contributed by atoms with van der Waals surface area (Å²) in [5.41, 5.74) is 5.31. The number of thiazole rings is 1. The standard InChI is InChI=1S/C39H35ClN6O5S3/c40-30-13-9-27(10-14-30)33-6-2-1-5-29(33)26-44-20-22-45(23-21-44)31-15-11-28(12-16-31)38(47)43-54(50,51)32-17-18-34(36(25-32)46(48)49)41-19-24-52-39-42-35-7-3-4-8-37(35)53-39/h1-18,25,41H,19-24,26H2,(H,43,47). The number of hydrogen-bond acceptors (Lipinski definition) is 11. The number of carbonyl (C=O) groups is 1. The molecular weight excluding hydrogens is 764 g/mol. The molecule has 6 aromatic rings. The summed E-state index contributed by atoms with van der Waals surface area (Å²) < 4.78 is 30.4. The first kappa shape index (κ1) is 37.3. The Hall–Kier alpha value is -4.99. The Bertz CT molecular complexity index is 2370. The topological polar surface area (TPSA) is 138 Å². The van der Waals surface area contributed by atoms with Crippen molar-refractivity contribution >= 4 is 77.9 Å². The molecule has 1 aliphatic rings. The van der Waals surface area contributed by atoms with Gasteiger partial charge in [0.05, 0.1) is 20.0 Å². The minimum absolute atomic E-state index is 0.151. The fourth-order valence-electron chi connectivity index (χ4n) is 6.25. The van der Waals surface area contributed by atoms with Crippen molar-refractivity contribution in [1.82, 2.24) is 14.6 Å². The summed E-state index contributed by atoms with van der Waals surface area (Å²) in [6.45, 7) is 4.46. The number of fused-ring (bicyclic) bond motifs is 1. The lowest BCUT2D eigenvalue weighted by Gasteiger charge is -2.36. The average Bonchev–Trinajstić information content (AvgIpc) is 3.60. The van der Waals surface area contributed by atoms with Crippen molar-refractivity contribution in [3.05, 3.63) is 142 Å². The van der Waals surface area contributed by atoms with Crippen LogP contribution in [0, 0.1) is 10.1 Å².